The number of hydrogen-bond acceptors (Lipinski definition) is 4. The van der Waals surface area contributed by atoms with E-state index in [1.165, 1.54) is 0 Å². The second kappa shape index (κ2) is 7.94. The first-order valence-electron chi connectivity index (χ1n) is 8.81. The van der Waals surface area contributed by atoms with Crippen LogP contribution >= 0.6 is 11.8 Å². The van der Waals surface area contributed by atoms with Crippen LogP contribution in [0.3, 0.4) is 0 Å². The SMILES string of the molecule is Cc1ccc(C(=O)N2CCSCC2)cc1N[C@H]1CCC[C@H](C#N)C1. The molecule has 0 spiro atoms. The number of amides is 1. The van der Waals surface area contributed by atoms with Crippen LogP contribution in [-0.4, -0.2) is 41.4 Å². The fourth-order valence-electron chi connectivity index (χ4n) is 3.52. The van der Waals surface area contributed by atoms with Crippen LogP contribution in [0.1, 0.15) is 41.6 Å². The molecule has 1 aromatic rings. The Bertz CT molecular complexity index is 634. The zero-order valence-corrected chi connectivity index (χ0v) is 15.1. The first kappa shape index (κ1) is 17.2. The number of hydrogen-bond donors (Lipinski definition) is 1. The highest BCUT2D eigenvalue weighted by molar-refractivity contribution is 7.99. The summed E-state index contributed by atoms with van der Waals surface area (Å²) < 4.78 is 0. The van der Waals surface area contributed by atoms with Gasteiger partial charge in [-0.3, -0.25) is 4.79 Å². The first-order valence-corrected chi connectivity index (χ1v) is 9.96. The molecule has 0 aromatic heterocycles. The number of benzene rings is 1. The molecule has 1 aromatic carbocycles. The lowest BCUT2D eigenvalue weighted by molar-refractivity contribution is 0.0772. The van der Waals surface area contributed by atoms with Gasteiger partial charge in [0.1, 0.15) is 0 Å². The molecule has 1 N–H and O–H groups in total. The van der Waals surface area contributed by atoms with E-state index in [9.17, 15) is 4.79 Å². The van der Waals surface area contributed by atoms with Gasteiger partial charge >= 0.3 is 0 Å². The maximum Gasteiger partial charge on any atom is 0.253 e. The summed E-state index contributed by atoms with van der Waals surface area (Å²) in [6, 6.07) is 8.69. The van der Waals surface area contributed by atoms with Gasteiger partial charge in [0, 0.05) is 47.8 Å². The number of carbonyl (C=O) groups is 1. The molecule has 0 radical (unpaired) electrons. The third kappa shape index (κ3) is 4.05. The highest BCUT2D eigenvalue weighted by Crippen LogP contribution is 2.28. The van der Waals surface area contributed by atoms with Crippen molar-refractivity contribution in [1.29, 1.82) is 5.26 Å². The Balaban J connectivity index is 1.71. The molecular weight excluding hydrogens is 318 g/mol. The quantitative estimate of drug-likeness (QED) is 0.909. The van der Waals surface area contributed by atoms with Gasteiger partial charge in [-0.05, 0) is 43.9 Å². The maximum atomic E-state index is 12.7. The average molecular weight is 343 g/mol. The largest absolute Gasteiger partial charge is 0.382 e. The van der Waals surface area contributed by atoms with Gasteiger partial charge in [-0.25, -0.2) is 0 Å². The summed E-state index contributed by atoms with van der Waals surface area (Å²) in [5.41, 5.74) is 2.96. The molecule has 2 fully saturated rings. The predicted octanol–water partition coefficient (Wildman–Crippen LogP) is 3.68. The van der Waals surface area contributed by atoms with Crippen molar-refractivity contribution in [3.63, 3.8) is 0 Å². The van der Waals surface area contributed by atoms with Crippen molar-refractivity contribution in [2.75, 3.05) is 29.9 Å². The van der Waals surface area contributed by atoms with Crippen molar-refractivity contribution in [2.45, 2.75) is 38.6 Å². The molecule has 4 nitrogen and oxygen atoms in total. The molecule has 2 aliphatic rings. The Morgan fingerprint density at radius 3 is 2.88 bits per heavy atom. The van der Waals surface area contributed by atoms with Crippen LogP contribution in [0.2, 0.25) is 0 Å². The summed E-state index contributed by atoms with van der Waals surface area (Å²) >= 11 is 1.91. The zero-order valence-electron chi connectivity index (χ0n) is 14.3. The number of anilines is 1. The molecule has 0 unspecified atom stereocenters. The maximum absolute atomic E-state index is 12.7. The zero-order chi connectivity index (χ0) is 16.9. The summed E-state index contributed by atoms with van der Waals surface area (Å²) in [5, 5.41) is 12.7. The van der Waals surface area contributed by atoms with E-state index in [-0.39, 0.29) is 11.8 Å². The molecule has 1 aliphatic heterocycles. The molecule has 3 rings (SSSR count). The number of carbonyl (C=O) groups excluding carboxylic acids is 1. The van der Waals surface area contributed by atoms with E-state index in [1.54, 1.807) is 0 Å². The molecule has 24 heavy (non-hydrogen) atoms. The Morgan fingerprint density at radius 1 is 1.33 bits per heavy atom. The van der Waals surface area contributed by atoms with Crippen LogP contribution in [-0.2, 0) is 0 Å². The van der Waals surface area contributed by atoms with E-state index in [4.69, 9.17) is 5.26 Å². The van der Waals surface area contributed by atoms with Crippen LogP contribution in [0.4, 0.5) is 5.69 Å². The fourth-order valence-corrected chi connectivity index (χ4v) is 4.42. The number of aryl methyl sites for hydroxylation is 1. The molecular formula is C19H25N3OS. The van der Waals surface area contributed by atoms with Gasteiger partial charge in [0.05, 0.1) is 6.07 Å². The van der Waals surface area contributed by atoms with E-state index >= 15 is 0 Å². The molecule has 1 aliphatic carbocycles. The van der Waals surface area contributed by atoms with Crippen molar-refractivity contribution >= 4 is 23.4 Å². The number of nitriles is 1. The van der Waals surface area contributed by atoms with E-state index in [0.717, 1.165) is 67.1 Å². The van der Waals surface area contributed by atoms with Crippen LogP contribution in [0.15, 0.2) is 18.2 Å². The van der Waals surface area contributed by atoms with E-state index < -0.39 is 0 Å². The Kier molecular flexibility index (Phi) is 5.68. The molecule has 0 bridgehead atoms. The lowest BCUT2D eigenvalue weighted by Gasteiger charge is -2.29. The highest BCUT2D eigenvalue weighted by atomic mass is 32.2. The summed E-state index contributed by atoms with van der Waals surface area (Å²) in [6.07, 6.45) is 4.11. The fraction of sp³-hybridized carbons (Fsp3) is 0.579. The lowest BCUT2D eigenvalue weighted by atomic mass is 9.86. The third-order valence-electron chi connectivity index (χ3n) is 5.00. The Hall–Kier alpha value is -1.67. The van der Waals surface area contributed by atoms with Crippen LogP contribution in [0.25, 0.3) is 0 Å². The molecule has 1 heterocycles. The summed E-state index contributed by atoms with van der Waals surface area (Å²) in [7, 11) is 0. The standard InChI is InChI=1S/C19H25N3OS/c1-14-5-6-16(19(23)22-7-9-24-10-8-22)12-18(14)21-17-4-2-3-15(11-17)13-20/h5-6,12,15,17,21H,2-4,7-11H2,1H3/t15-,17-/m0/s1. The van der Waals surface area contributed by atoms with Gasteiger partial charge in [-0.15, -0.1) is 0 Å². The van der Waals surface area contributed by atoms with Crippen LogP contribution in [0, 0.1) is 24.2 Å². The van der Waals surface area contributed by atoms with Gasteiger partial charge in [-0.2, -0.15) is 17.0 Å². The molecule has 2 atom stereocenters. The van der Waals surface area contributed by atoms with E-state index in [0.29, 0.717) is 6.04 Å². The van der Waals surface area contributed by atoms with Crippen molar-refractivity contribution in [3.05, 3.63) is 29.3 Å². The number of nitrogens with zero attached hydrogens (tertiary/aromatic N) is 2. The lowest BCUT2D eigenvalue weighted by Crippen LogP contribution is -2.38. The number of thioether (sulfide) groups is 1. The molecule has 1 saturated carbocycles. The van der Waals surface area contributed by atoms with Gasteiger partial charge in [-0.1, -0.05) is 12.5 Å². The van der Waals surface area contributed by atoms with Gasteiger partial charge < -0.3 is 10.2 Å². The van der Waals surface area contributed by atoms with Gasteiger partial charge in [0.15, 0.2) is 0 Å². The summed E-state index contributed by atoms with van der Waals surface area (Å²) in [6.45, 7) is 3.75. The normalized spacial score (nSPS) is 24.2. The Labute approximate surface area is 148 Å². The van der Waals surface area contributed by atoms with E-state index in [2.05, 4.69) is 18.3 Å². The Morgan fingerprint density at radius 2 is 2.12 bits per heavy atom. The third-order valence-corrected chi connectivity index (χ3v) is 5.94. The number of nitrogens with one attached hydrogen (secondary N) is 1. The number of rotatable bonds is 3. The monoisotopic (exact) mass is 343 g/mol. The van der Waals surface area contributed by atoms with E-state index in [1.807, 2.05) is 34.9 Å². The summed E-state index contributed by atoms with van der Waals surface area (Å²) in [4.78, 5) is 14.7. The molecule has 128 valence electrons. The minimum absolute atomic E-state index is 0.136. The highest BCUT2D eigenvalue weighted by Gasteiger charge is 2.23. The predicted molar refractivity (Wildman–Crippen MR) is 99.4 cm³/mol. The van der Waals surface area contributed by atoms with Gasteiger partial charge in [0.2, 0.25) is 0 Å². The topological polar surface area (TPSA) is 56.1 Å². The first-order chi connectivity index (χ1) is 11.7. The second-order valence-corrected chi connectivity index (χ2v) is 7.99. The summed E-state index contributed by atoms with van der Waals surface area (Å²) in [5.74, 6) is 2.35. The van der Waals surface area contributed by atoms with Gasteiger partial charge in [0.25, 0.3) is 5.91 Å². The minimum Gasteiger partial charge on any atom is -0.382 e. The second-order valence-electron chi connectivity index (χ2n) is 6.77. The van der Waals surface area contributed by atoms with Crippen molar-refractivity contribution in [3.8, 4) is 6.07 Å². The van der Waals surface area contributed by atoms with Crippen molar-refractivity contribution < 1.29 is 4.79 Å². The molecule has 5 heteroatoms. The van der Waals surface area contributed by atoms with Crippen LogP contribution < -0.4 is 5.32 Å². The average Bonchev–Trinajstić information content (AvgIpc) is 2.64. The molecule has 1 amide bonds. The molecule has 1 saturated heterocycles. The van der Waals surface area contributed by atoms with Crippen molar-refractivity contribution in [2.24, 2.45) is 5.92 Å². The minimum atomic E-state index is 0.136. The van der Waals surface area contributed by atoms with Crippen molar-refractivity contribution in [1.82, 2.24) is 4.90 Å². The van der Waals surface area contributed by atoms with Crippen LogP contribution in [0.5, 0.6) is 0 Å². The smallest absolute Gasteiger partial charge is 0.253 e.